The molecule has 1 fully saturated rings. The quantitative estimate of drug-likeness (QED) is 0.569. The van der Waals surface area contributed by atoms with Crippen molar-refractivity contribution in [3.05, 3.63) is 12.2 Å². The predicted octanol–water partition coefficient (Wildman–Crippen LogP) is 1.94. The van der Waals surface area contributed by atoms with Crippen LogP contribution in [0.4, 0.5) is 0 Å². The minimum Gasteiger partial charge on any atom is -0.330 e. The van der Waals surface area contributed by atoms with Crippen LogP contribution in [0.3, 0.4) is 0 Å². The summed E-state index contributed by atoms with van der Waals surface area (Å²) < 4.78 is 0. The SMILES string of the molecule is NC[C@H]1C[C@@H]2C=CC[C@@H](C2)C1. The smallest absolute Gasteiger partial charge is 0.00485 e. The van der Waals surface area contributed by atoms with Gasteiger partial charge in [-0.15, -0.1) is 0 Å². The van der Waals surface area contributed by atoms with Crippen molar-refractivity contribution in [3.8, 4) is 0 Å². The summed E-state index contributed by atoms with van der Waals surface area (Å²) in [5, 5.41) is 0. The lowest BCUT2D eigenvalue weighted by Gasteiger charge is -2.35. The Kier molecular flexibility index (Phi) is 1.99. The Hall–Kier alpha value is -0.300. The van der Waals surface area contributed by atoms with Gasteiger partial charge in [0.05, 0.1) is 0 Å². The summed E-state index contributed by atoms with van der Waals surface area (Å²) in [4.78, 5) is 0. The van der Waals surface area contributed by atoms with Crippen molar-refractivity contribution in [2.45, 2.75) is 25.7 Å². The van der Waals surface area contributed by atoms with E-state index in [1.165, 1.54) is 25.7 Å². The minimum absolute atomic E-state index is 0.823. The Labute approximate surface area is 68.7 Å². The fraction of sp³-hybridized carbons (Fsp3) is 0.800. The van der Waals surface area contributed by atoms with Crippen molar-refractivity contribution < 1.29 is 0 Å². The van der Waals surface area contributed by atoms with Gasteiger partial charge < -0.3 is 5.73 Å². The Morgan fingerprint density at radius 1 is 1.27 bits per heavy atom. The van der Waals surface area contributed by atoms with Gasteiger partial charge in [0.25, 0.3) is 0 Å². The molecule has 62 valence electrons. The van der Waals surface area contributed by atoms with Gasteiger partial charge in [-0.1, -0.05) is 12.2 Å². The van der Waals surface area contributed by atoms with Crippen LogP contribution in [0.25, 0.3) is 0 Å². The molecule has 2 aliphatic carbocycles. The van der Waals surface area contributed by atoms with Crippen LogP contribution in [-0.2, 0) is 0 Å². The van der Waals surface area contributed by atoms with Crippen LogP contribution in [-0.4, -0.2) is 6.54 Å². The molecule has 1 heteroatoms. The molecule has 0 aromatic rings. The summed E-state index contributed by atoms with van der Waals surface area (Å²) in [6.07, 6.45) is 10.3. The highest BCUT2D eigenvalue weighted by Crippen LogP contribution is 2.38. The Morgan fingerprint density at radius 2 is 2.18 bits per heavy atom. The van der Waals surface area contributed by atoms with Gasteiger partial charge in [-0.25, -0.2) is 0 Å². The highest BCUT2D eigenvalue weighted by molar-refractivity contribution is 5.00. The third kappa shape index (κ3) is 1.48. The van der Waals surface area contributed by atoms with E-state index in [0.717, 1.165) is 24.3 Å². The van der Waals surface area contributed by atoms with Gasteiger partial charge in [0, 0.05) is 0 Å². The minimum atomic E-state index is 0.823. The molecule has 1 nitrogen and oxygen atoms in total. The normalized spacial score (nSPS) is 42.5. The van der Waals surface area contributed by atoms with Gasteiger partial charge in [-0.05, 0) is 50.0 Å². The number of hydrogen-bond acceptors (Lipinski definition) is 1. The van der Waals surface area contributed by atoms with Crippen LogP contribution in [0, 0.1) is 17.8 Å². The molecule has 0 saturated heterocycles. The summed E-state index contributed by atoms with van der Waals surface area (Å²) >= 11 is 0. The largest absolute Gasteiger partial charge is 0.330 e. The molecule has 0 unspecified atom stereocenters. The molecule has 1 saturated carbocycles. The van der Waals surface area contributed by atoms with Gasteiger partial charge in [-0.2, -0.15) is 0 Å². The zero-order valence-corrected chi connectivity index (χ0v) is 7.00. The van der Waals surface area contributed by atoms with Gasteiger partial charge in [0.15, 0.2) is 0 Å². The van der Waals surface area contributed by atoms with Gasteiger partial charge in [-0.3, -0.25) is 0 Å². The lowest BCUT2D eigenvalue weighted by Crippen LogP contribution is -2.28. The third-order valence-electron chi connectivity index (χ3n) is 3.15. The van der Waals surface area contributed by atoms with Crippen LogP contribution in [0.2, 0.25) is 0 Å². The Bertz CT molecular complexity index is 162. The fourth-order valence-corrected chi connectivity index (χ4v) is 2.62. The second kappa shape index (κ2) is 2.98. The third-order valence-corrected chi connectivity index (χ3v) is 3.15. The van der Waals surface area contributed by atoms with E-state index in [1.807, 2.05) is 0 Å². The van der Waals surface area contributed by atoms with Crippen molar-refractivity contribution in [3.63, 3.8) is 0 Å². The summed E-state index contributed by atoms with van der Waals surface area (Å²) in [6, 6.07) is 0. The van der Waals surface area contributed by atoms with E-state index >= 15 is 0 Å². The highest BCUT2D eigenvalue weighted by atomic mass is 14.6. The van der Waals surface area contributed by atoms with Crippen LogP contribution in [0.15, 0.2) is 12.2 Å². The molecular weight excluding hydrogens is 134 g/mol. The summed E-state index contributed by atoms with van der Waals surface area (Å²) in [5.74, 6) is 2.66. The molecule has 2 rings (SSSR count). The Balaban J connectivity index is 2.02. The zero-order chi connectivity index (χ0) is 7.68. The van der Waals surface area contributed by atoms with Crippen LogP contribution < -0.4 is 5.73 Å². The second-order valence-electron chi connectivity index (χ2n) is 4.10. The van der Waals surface area contributed by atoms with E-state index in [-0.39, 0.29) is 0 Å². The van der Waals surface area contributed by atoms with Crippen LogP contribution in [0.1, 0.15) is 25.7 Å². The lowest BCUT2D eigenvalue weighted by atomic mass is 9.71. The van der Waals surface area contributed by atoms with E-state index in [4.69, 9.17) is 5.73 Å². The molecule has 3 atom stereocenters. The number of nitrogens with two attached hydrogens (primary N) is 1. The predicted molar refractivity (Wildman–Crippen MR) is 47.1 cm³/mol. The van der Waals surface area contributed by atoms with E-state index in [0.29, 0.717) is 0 Å². The molecule has 11 heavy (non-hydrogen) atoms. The van der Waals surface area contributed by atoms with Crippen molar-refractivity contribution in [2.75, 3.05) is 6.54 Å². The topological polar surface area (TPSA) is 26.0 Å². The van der Waals surface area contributed by atoms with Gasteiger partial charge in [0.2, 0.25) is 0 Å². The molecule has 0 aliphatic heterocycles. The molecule has 2 aliphatic rings. The average molecular weight is 151 g/mol. The molecule has 2 bridgehead atoms. The van der Waals surface area contributed by atoms with Crippen molar-refractivity contribution >= 4 is 0 Å². The summed E-state index contributed by atoms with van der Waals surface area (Å²) in [6.45, 7) is 0.904. The lowest BCUT2D eigenvalue weighted by molar-refractivity contribution is 0.218. The maximum absolute atomic E-state index is 5.68. The first-order valence-corrected chi connectivity index (χ1v) is 4.75. The van der Waals surface area contributed by atoms with Crippen LogP contribution >= 0.6 is 0 Å². The summed E-state index contributed by atoms with van der Waals surface area (Å²) in [7, 11) is 0. The van der Waals surface area contributed by atoms with Crippen molar-refractivity contribution in [1.82, 2.24) is 0 Å². The highest BCUT2D eigenvalue weighted by Gasteiger charge is 2.28. The van der Waals surface area contributed by atoms with E-state index < -0.39 is 0 Å². The molecular formula is C10H17N. The monoisotopic (exact) mass is 151 g/mol. The number of rotatable bonds is 1. The van der Waals surface area contributed by atoms with Gasteiger partial charge in [0.1, 0.15) is 0 Å². The Morgan fingerprint density at radius 3 is 2.91 bits per heavy atom. The maximum Gasteiger partial charge on any atom is -0.00485 e. The number of allylic oxidation sites excluding steroid dienone is 2. The molecule has 0 heterocycles. The molecule has 0 spiro atoms. The first-order valence-electron chi connectivity index (χ1n) is 4.75. The molecule has 0 aromatic carbocycles. The molecule has 0 amide bonds. The molecule has 2 N–H and O–H groups in total. The number of fused-ring (bicyclic) bond motifs is 2. The molecule has 0 radical (unpaired) electrons. The number of hydrogen-bond donors (Lipinski definition) is 1. The maximum atomic E-state index is 5.68. The zero-order valence-electron chi connectivity index (χ0n) is 7.00. The fourth-order valence-electron chi connectivity index (χ4n) is 2.62. The second-order valence-corrected chi connectivity index (χ2v) is 4.10. The average Bonchev–Trinajstić information content (AvgIpc) is 2.03. The first-order chi connectivity index (χ1) is 5.38. The van der Waals surface area contributed by atoms with E-state index in [1.54, 1.807) is 0 Å². The molecule has 0 aromatic heterocycles. The first kappa shape index (κ1) is 7.35. The van der Waals surface area contributed by atoms with Gasteiger partial charge >= 0.3 is 0 Å². The van der Waals surface area contributed by atoms with Crippen molar-refractivity contribution in [2.24, 2.45) is 23.5 Å². The van der Waals surface area contributed by atoms with Crippen molar-refractivity contribution in [1.29, 1.82) is 0 Å². The summed E-state index contributed by atoms with van der Waals surface area (Å²) in [5.41, 5.74) is 5.68. The standard InChI is InChI=1S/C10H17N/c11-7-10-5-8-2-1-3-9(4-8)6-10/h1-2,8-10H,3-7,11H2/t8-,9+,10+/m1/s1. The van der Waals surface area contributed by atoms with E-state index in [9.17, 15) is 0 Å². The van der Waals surface area contributed by atoms with E-state index in [2.05, 4.69) is 12.2 Å². The van der Waals surface area contributed by atoms with Crippen LogP contribution in [0.5, 0.6) is 0 Å².